The number of benzene rings is 3. The number of anilines is 1. The minimum Gasteiger partial charge on any atom is -0.492 e. The summed E-state index contributed by atoms with van der Waals surface area (Å²) in [5.74, 6) is -1.43. The van der Waals surface area contributed by atoms with E-state index in [1.807, 2.05) is 0 Å². The third kappa shape index (κ3) is 6.45. The molecule has 0 spiro atoms. The molecule has 10 heteroatoms. The van der Waals surface area contributed by atoms with Crippen LogP contribution in [0.3, 0.4) is 0 Å². The SMILES string of the molecule is CCOc1ccccc1N(CC(=O)N(Cc1ccccc1F)[C@H](C)C(=O)NC)S(=O)(=O)c1ccccc1. The van der Waals surface area contributed by atoms with E-state index >= 15 is 0 Å². The van der Waals surface area contributed by atoms with Gasteiger partial charge in [0.1, 0.15) is 24.2 Å². The molecule has 0 unspecified atom stereocenters. The van der Waals surface area contributed by atoms with Crippen molar-refractivity contribution in [3.05, 3.63) is 90.2 Å². The summed E-state index contributed by atoms with van der Waals surface area (Å²) in [4.78, 5) is 27.4. The first-order chi connectivity index (χ1) is 17.7. The van der Waals surface area contributed by atoms with E-state index in [-0.39, 0.29) is 35.0 Å². The summed E-state index contributed by atoms with van der Waals surface area (Å²) in [5.41, 5.74) is 0.360. The highest BCUT2D eigenvalue weighted by Crippen LogP contribution is 2.32. The van der Waals surface area contributed by atoms with E-state index in [1.165, 1.54) is 44.3 Å². The third-order valence-corrected chi connectivity index (χ3v) is 7.53. The number of rotatable bonds is 11. The molecule has 3 aromatic rings. The van der Waals surface area contributed by atoms with Crippen LogP contribution < -0.4 is 14.4 Å². The van der Waals surface area contributed by atoms with Crippen LogP contribution in [0.5, 0.6) is 5.75 Å². The minimum absolute atomic E-state index is 0.0193. The Morgan fingerprint density at radius 1 is 0.973 bits per heavy atom. The largest absolute Gasteiger partial charge is 0.492 e. The van der Waals surface area contributed by atoms with E-state index in [1.54, 1.807) is 55.5 Å². The highest BCUT2D eigenvalue weighted by atomic mass is 32.2. The molecular formula is C27H30FN3O5S. The van der Waals surface area contributed by atoms with Crippen molar-refractivity contribution in [1.82, 2.24) is 10.2 Å². The maximum absolute atomic E-state index is 14.5. The van der Waals surface area contributed by atoms with Gasteiger partial charge in [-0.05, 0) is 44.2 Å². The number of amides is 2. The van der Waals surface area contributed by atoms with Crippen LogP contribution in [0.25, 0.3) is 0 Å². The lowest BCUT2D eigenvalue weighted by Gasteiger charge is -2.32. The topological polar surface area (TPSA) is 96.0 Å². The van der Waals surface area contributed by atoms with Gasteiger partial charge in [-0.3, -0.25) is 13.9 Å². The molecule has 196 valence electrons. The van der Waals surface area contributed by atoms with Gasteiger partial charge in [0.2, 0.25) is 11.8 Å². The Balaban J connectivity index is 2.08. The second kappa shape index (κ2) is 12.4. The van der Waals surface area contributed by atoms with Gasteiger partial charge >= 0.3 is 0 Å². The zero-order valence-corrected chi connectivity index (χ0v) is 21.7. The van der Waals surface area contributed by atoms with Crippen molar-refractivity contribution in [3.63, 3.8) is 0 Å². The van der Waals surface area contributed by atoms with Crippen LogP contribution >= 0.6 is 0 Å². The molecule has 2 amide bonds. The highest BCUT2D eigenvalue weighted by molar-refractivity contribution is 7.92. The van der Waals surface area contributed by atoms with Crippen molar-refractivity contribution in [2.24, 2.45) is 0 Å². The lowest BCUT2D eigenvalue weighted by Crippen LogP contribution is -2.50. The number of hydrogen-bond donors (Lipinski definition) is 1. The monoisotopic (exact) mass is 527 g/mol. The highest BCUT2D eigenvalue weighted by Gasteiger charge is 2.33. The number of nitrogens with one attached hydrogen (secondary N) is 1. The second-order valence-electron chi connectivity index (χ2n) is 8.13. The van der Waals surface area contributed by atoms with Crippen molar-refractivity contribution in [2.75, 3.05) is 24.5 Å². The quantitative estimate of drug-likeness (QED) is 0.411. The lowest BCUT2D eigenvalue weighted by molar-refractivity contribution is -0.139. The van der Waals surface area contributed by atoms with E-state index < -0.39 is 40.2 Å². The van der Waals surface area contributed by atoms with Crippen molar-refractivity contribution in [2.45, 2.75) is 31.3 Å². The summed E-state index contributed by atoms with van der Waals surface area (Å²) in [6, 6.07) is 19.1. The van der Waals surface area contributed by atoms with E-state index in [0.717, 1.165) is 9.21 Å². The number of nitrogens with zero attached hydrogens (tertiary/aromatic N) is 2. The molecule has 0 saturated carbocycles. The van der Waals surface area contributed by atoms with E-state index in [2.05, 4.69) is 5.32 Å². The van der Waals surface area contributed by atoms with Gasteiger partial charge in [-0.25, -0.2) is 12.8 Å². The van der Waals surface area contributed by atoms with Gasteiger partial charge in [0.05, 0.1) is 17.2 Å². The normalized spacial score (nSPS) is 11.9. The number of sulfonamides is 1. The van der Waals surface area contributed by atoms with Crippen LogP contribution in [-0.2, 0) is 26.2 Å². The number of likely N-dealkylation sites (N-methyl/N-ethyl adjacent to an activating group) is 1. The summed E-state index contributed by atoms with van der Waals surface area (Å²) in [5, 5.41) is 2.49. The maximum Gasteiger partial charge on any atom is 0.264 e. The molecule has 0 aliphatic rings. The molecule has 3 rings (SSSR count). The fourth-order valence-electron chi connectivity index (χ4n) is 3.78. The van der Waals surface area contributed by atoms with Gasteiger partial charge in [0.25, 0.3) is 10.0 Å². The Morgan fingerprint density at radius 3 is 2.24 bits per heavy atom. The number of para-hydroxylation sites is 2. The summed E-state index contributed by atoms with van der Waals surface area (Å²) >= 11 is 0. The maximum atomic E-state index is 14.5. The molecule has 0 radical (unpaired) electrons. The molecule has 0 aliphatic heterocycles. The molecule has 0 fully saturated rings. The fourth-order valence-corrected chi connectivity index (χ4v) is 5.22. The van der Waals surface area contributed by atoms with Crippen LogP contribution in [0.4, 0.5) is 10.1 Å². The third-order valence-electron chi connectivity index (χ3n) is 5.76. The van der Waals surface area contributed by atoms with Gasteiger partial charge in [-0.15, -0.1) is 0 Å². The van der Waals surface area contributed by atoms with Gasteiger partial charge in [0, 0.05) is 19.2 Å². The van der Waals surface area contributed by atoms with Gasteiger partial charge in [0.15, 0.2) is 0 Å². The van der Waals surface area contributed by atoms with Gasteiger partial charge in [-0.2, -0.15) is 0 Å². The first kappa shape index (κ1) is 27.7. The van der Waals surface area contributed by atoms with Crippen molar-refractivity contribution >= 4 is 27.5 Å². The van der Waals surface area contributed by atoms with E-state index in [9.17, 15) is 22.4 Å². The molecule has 0 bridgehead atoms. The predicted octanol–water partition coefficient (Wildman–Crippen LogP) is 3.58. The minimum atomic E-state index is -4.22. The number of ether oxygens (including phenoxy) is 1. The fraction of sp³-hybridized carbons (Fsp3) is 0.259. The lowest BCUT2D eigenvalue weighted by atomic mass is 10.1. The van der Waals surface area contributed by atoms with E-state index in [0.29, 0.717) is 0 Å². The van der Waals surface area contributed by atoms with Gasteiger partial charge in [-0.1, -0.05) is 48.5 Å². The van der Waals surface area contributed by atoms with Crippen LogP contribution in [0.2, 0.25) is 0 Å². The number of carbonyl (C=O) groups is 2. The molecule has 0 heterocycles. The predicted molar refractivity (Wildman–Crippen MR) is 139 cm³/mol. The summed E-state index contributed by atoms with van der Waals surface area (Å²) < 4.78 is 48.7. The Bertz CT molecular complexity index is 1330. The first-order valence-electron chi connectivity index (χ1n) is 11.7. The van der Waals surface area contributed by atoms with Crippen molar-refractivity contribution in [3.8, 4) is 5.75 Å². The molecule has 0 aromatic heterocycles. The van der Waals surface area contributed by atoms with Crippen LogP contribution in [0.15, 0.2) is 83.8 Å². The zero-order chi connectivity index (χ0) is 27.0. The summed E-state index contributed by atoms with van der Waals surface area (Å²) in [7, 11) is -2.80. The molecule has 8 nitrogen and oxygen atoms in total. The van der Waals surface area contributed by atoms with Crippen LogP contribution in [0.1, 0.15) is 19.4 Å². The molecular weight excluding hydrogens is 497 g/mol. The standard InChI is InChI=1S/C27H30FN3O5S/c1-4-36-25-17-11-10-16-24(25)31(37(34,35)22-13-6-5-7-14-22)19-26(32)30(20(2)27(33)29-3)18-21-12-8-9-15-23(21)28/h5-17,20H,4,18-19H2,1-3H3,(H,29,33)/t20-/m1/s1. The Kier molecular flexibility index (Phi) is 9.24. The molecule has 1 atom stereocenters. The van der Waals surface area contributed by atoms with Gasteiger partial charge < -0.3 is 15.0 Å². The number of halogens is 1. The molecule has 0 aliphatic carbocycles. The average Bonchev–Trinajstić information content (AvgIpc) is 2.91. The smallest absolute Gasteiger partial charge is 0.264 e. The summed E-state index contributed by atoms with van der Waals surface area (Å²) in [6.07, 6.45) is 0. The summed E-state index contributed by atoms with van der Waals surface area (Å²) in [6.45, 7) is 2.67. The number of hydrogen-bond acceptors (Lipinski definition) is 5. The number of carbonyl (C=O) groups excluding carboxylic acids is 2. The second-order valence-corrected chi connectivity index (χ2v) is 9.99. The Morgan fingerprint density at radius 2 is 1.59 bits per heavy atom. The first-order valence-corrected chi connectivity index (χ1v) is 13.2. The van der Waals surface area contributed by atoms with Crippen molar-refractivity contribution < 1.29 is 27.1 Å². The zero-order valence-electron chi connectivity index (χ0n) is 20.9. The van der Waals surface area contributed by atoms with Crippen LogP contribution in [0, 0.1) is 5.82 Å². The molecule has 0 saturated heterocycles. The Labute approximate surface area is 216 Å². The molecule has 37 heavy (non-hydrogen) atoms. The van der Waals surface area contributed by atoms with Crippen LogP contribution in [-0.4, -0.2) is 51.4 Å². The average molecular weight is 528 g/mol. The molecule has 3 aromatic carbocycles. The molecule has 1 N–H and O–H groups in total. The van der Waals surface area contributed by atoms with Crippen molar-refractivity contribution in [1.29, 1.82) is 0 Å². The Hall–Kier alpha value is -3.92. The van der Waals surface area contributed by atoms with E-state index in [4.69, 9.17) is 4.74 Å².